The molecule has 0 aliphatic rings. The minimum absolute atomic E-state index is 0.0678. The third kappa shape index (κ3) is 3.50. The van der Waals surface area contributed by atoms with Gasteiger partial charge < -0.3 is 5.32 Å². The SMILES string of the molecule is CCC(Nc1cc(C)cc(F)c1)c1ccc(F)cn1. The van der Waals surface area contributed by atoms with Gasteiger partial charge in [-0.1, -0.05) is 6.92 Å². The van der Waals surface area contributed by atoms with Crippen LogP contribution in [0.3, 0.4) is 0 Å². The first-order valence-electron chi connectivity index (χ1n) is 6.23. The zero-order valence-corrected chi connectivity index (χ0v) is 11.0. The first-order valence-corrected chi connectivity index (χ1v) is 6.23. The fraction of sp³-hybridized carbons (Fsp3) is 0.267. The zero-order chi connectivity index (χ0) is 13.8. The van der Waals surface area contributed by atoms with Crippen molar-refractivity contribution in [3.63, 3.8) is 0 Å². The molecule has 1 aromatic heterocycles. The lowest BCUT2D eigenvalue weighted by atomic mass is 10.1. The van der Waals surface area contributed by atoms with Gasteiger partial charge in [0.1, 0.15) is 11.6 Å². The third-order valence-corrected chi connectivity index (χ3v) is 2.90. The molecule has 1 aromatic carbocycles. The summed E-state index contributed by atoms with van der Waals surface area (Å²) in [5.74, 6) is -0.635. The molecular weight excluding hydrogens is 246 g/mol. The van der Waals surface area contributed by atoms with Crippen LogP contribution < -0.4 is 5.32 Å². The summed E-state index contributed by atoms with van der Waals surface area (Å²) >= 11 is 0. The van der Waals surface area contributed by atoms with E-state index in [0.717, 1.165) is 17.7 Å². The van der Waals surface area contributed by atoms with Crippen molar-refractivity contribution in [1.82, 2.24) is 4.98 Å². The van der Waals surface area contributed by atoms with Gasteiger partial charge >= 0.3 is 0 Å². The molecule has 0 saturated carbocycles. The largest absolute Gasteiger partial charge is 0.377 e. The van der Waals surface area contributed by atoms with Crippen LogP contribution in [0.1, 0.15) is 30.6 Å². The second kappa shape index (κ2) is 5.78. The highest BCUT2D eigenvalue weighted by Crippen LogP contribution is 2.22. The molecule has 0 spiro atoms. The van der Waals surface area contributed by atoms with E-state index in [4.69, 9.17) is 0 Å². The molecule has 0 saturated heterocycles. The van der Waals surface area contributed by atoms with Crippen LogP contribution in [0.25, 0.3) is 0 Å². The predicted octanol–water partition coefficient (Wildman–Crippen LogP) is 4.23. The van der Waals surface area contributed by atoms with Crippen molar-refractivity contribution in [1.29, 1.82) is 0 Å². The van der Waals surface area contributed by atoms with Gasteiger partial charge in [-0.2, -0.15) is 0 Å². The molecule has 0 aliphatic heterocycles. The summed E-state index contributed by atoms with van der Waals surface area (Å²) in [5.41, 5.74) is 2.30. The average molecular weight is 262 g/mol. The number of hydrogen-bond donors (Lipinski definition) is 1. The summed E-state index contributed by atoms with van der Waals surface area (Å²) < 4.78 is 26.2. The monoisotopic (exact) mass is 262 g/mol. The molecule has 1 heterocycles. The lowest BCUT2D eigenvalue weighted by Crippen LogP contribution is -2.11. The van der Waals surface area contributed by atoms with Crippen molar-refractivity contribution in [2.45, 2.75) is 26.3 Å². The molecule has 2 nitrogen and oxygen atoms in total. The molecule has 0 aliphatic carbocycles. The molecule has 4 heteroatoms. The Kier molecular flexibility index (Phi) is 4.10. The topological polar surface area (TPSA) is 24.9 Å². The smallest absolute Gasteiger partial charge is 0.141 e. The Bertz CT molecular complexity index is 532. The summed E-state index contributed by atoms with van der Waals surface area (Å²) in [6.07, 6.45) is 1.96. The number of hydrogen-bond acceptors (Lipinski definition) is 2. The number of nitrogens with zero attached hydrogens (tertiary/aromatic N) is 1. The molecular formula is C15H16F2N2. The van der Waals surface area contributed by atoms with Gasteiger partial charge in [0.2, 0.25) is 0 Å². The van der Waals surface area contributed by atoms with Crippen LogP contribution in [0.2, 0.25) is 0 Å². The number of aryl methyl sites for hydroxylation is 1. The zero-order valence-electron chi connectivity index (χ0n) is 11.0. The minimum atomic E-state index is -0.361. The van der Waals surface area contributed by atoms with Gasteiger partial charge in [-0.15, -0.1) is 0 Å². The van der Waals surface area contributed by atoms with Crippen molar-refractivity contribution in [2.75, 3.05) is 5.32 Å². The fourth-order valence-electron chi connectivity index (χ4n) is 2.00. The molecule has 2 rings (SSSR count). The van der Waals surface area contributed by atoms with Gasteiger partial charge in [-0.05, 0) is 49.2 Å². The van der Waals surface area contributed by atoms with Gasteiger partial charge in [0.25, 0.3) is 0 Å². The number of rotatable bonds is 4. The van der Waals surface area contributed by atoms with Gasteiger partial charge in [-0.25, -0.2) is 8.78 Å². The maximum atomic E-state index is 13.3. The Hall–Kier alpha value is -1.97. The second-order valence-electron chi connectivity index (χ2n) is 4.52. The summed E-state index contributed by atoms with van der Waals surface area (Å²) in [7, 11) is 0. The van der Waals surface area contributed by atoms with E-state index in [1.807, 2.05) is 19.9 Å². The van der Waals surface area contributed by atoms with E-state index in [9.17, 15) is 8.78 Å². The predicted molar refractivity (Wildman–Crippen MR) is 72.0 cm³/mol. The molecule has 2 aromatic rings. The highest BCUT2D eigenvalue weighted by molar-refractivity contribution is 5.47. The van der Waals surface area contributed by atoms with Crippen molar-refractivity contribution in [3.05, 3.63) is 59.4 Å². The van der Waals surface area contributed by atoms with Crippen LogP contribution in [-0.4, -0.2) is 4.98 Å². The second-order valence-corrected chi connectivity index (χ2v) is 4.52. The van der Waals surface area contributed by atoms with Gasteiger partial charge in [-0.3, -0.25) is 4.98 Å². The summed E-state index contributed by atoms with van der Waals surface area (Å²) in [6, 6.07) is 7.74. The first kappa shape index (κ1) is 13.5. The lowest BCUT2D eigenvalue weighted by molar-refractivity contribution is 0.614. The Morgan fingerprint density at radius 2 is 1.95 bits per heavy atom. The highest BCUT2D eigenvalue weighted by Gasteiger charge is 2.11. The van der Waals surface area contributed by atoms with Crippen LogP contribution in [0, 0.1) is 18.6 Å². The lowest BCUT2D eigenvalue weighted by Gasteiger charge is -2.18. The van der Waals surface area contributed by atoms with E-state index in [-0.39, 0.29) is 17.7 Å². The minimum Gasteiger partial charge on any atom is -0.377 e. The maximum Gasteiger partial charge on any atom is 0.141 e. The van der Waals surface area contributed by atoms with E-state index >= 15 is 0 Å². The highest BCUT2D eigenvalue weighted by atomic mass is 19.1. The molecule has 1 N–H and O–H groups in total. The Labute approximate surface area is 111 Å². The first-order chi connectivity index (χ1) is 9.08. The molecule has 0 amide bonds. The fourth-order valence-corrected chi connectivity index (χ4v) is 2.00. The van der Waals surface area contributed by atoms with E-state index in [1.165, 1.54) is 24.4 Å². The number of benzene rings is 1. The van der Waals surface area contributed by atoms with E-state index in [2.05, 4.69) is 10.3 Å². The molecule has 19 heavy (non-hydrogen) atoms. The van der Waals surface area contributed by atoms with Crippen LogP contribution in [0.5, 0.6) is 0 Å². The van der Waals surface area contributed by atoms with Gasteiger partial charge in [0.05, 0.1) is 17.9 Å². The van der Waals surface area contributed by atoms with Crippen molar-refractivity contribution >= 4 is 5.69 Å². The van der Waals surface area contributed by atoms with Gasteiger partial charge in [0, 0.05) is 5.69 Å². The number of anilines is 1. The average Bonchev–Trinajstić information content (AvgIpc) is 2.36. The van der Waals surface area contributed by atoms with Crippen LogP contribution in [0.4, 0.5) is 14.5 Å². The number of aromatic nitrogens is 1. The van der Waals surface area contributed by atoms with Crippen LogP contribution in [-0.2, 0) is 0 Å². The molecule has 100 valence electrons. The summed E-state index contributed by atoms with van der Waals surface area (Å²) in [6.45, 7) is 3.83. The number of pyridine rings is 1. The summed E-state index contributed by atoms with van der Waals surface area (Å²) in [5, 5.41) is 3.22. The van der Waals surface area contributed by atoms with Crippen LogP contribution >= 0.6 is 0 Å². The van der Waals surface area contributed by atoms with E-state index in [1.54, 1.807) is 6.07 Å². The van der Waals surface area contributed by atoms with E-state index in [0.29, 0.717) is 5.69 Å². The van der Waals surface area contributed by atoms with Gasteiger partial charge in [0.15, 0.2) is 0 Å². The number of halogens is 2. The normalized spacial score (nSPS) is 12.2. The Morgan fingerprint density at radius 1 is 1.16 bits per heavy atom. The van der Waals surface area contributed by atoms with Crippen LogP contribution in [0.15, 0.2) is 36.5 Å². The molecule has 0 bridgehead atoms. The third-order valence-electron chi connectivity index (χ3n) is 2.90. The molecule has 0 radical (unpaired) electrons. The Morgan fingerprint density at radius 3 is 2.53 bits per heavy atom. The van der Waals surface area contributed by atoms with E-state index < -0.39 is 0 Å². The number of nitrogens with one attached hydrogen (secondary N) is 1. The summed E-state index contributed by atoms with van der Waals surface area (Å²) in [4.78, 5) is 4.06. The standard InChI is InChI=1S/C15H16F2N2/c1-3-14(15-5-4-11(16)9-18-15)19-13-7-10(2)6-12(17)8-13/h4-9,14,19H,3H2,1-2H3. The quantitative estimate of drug-likeness (QED) is 0.891. The molecule has 1 unspecified atom stereocenters. The molecule has 0 fully saturated rings. The Balaban J connectivity index is 2.21. The van der Waals surface area contributed by atoms with Crippen molar-refractivity contribution in [3.8, 4) is 0 Å². The van der Waals surface area contributed by atoms with Crippen molar-refractivity contribution in [2.24, 2.45) is 0 Å². The maximum absolute atomic E-state index is 13.3. The molecule has 1 atom stereocenters. The van der Waals surface area contributed by atoms with Crippen molar-refractivity contribution < 1.29 is 8.78 Å².